The fourth-order valence-electron chi connectivity index (χ4n) is 1.25. The van der Waals surface area contributed by atoms with Gasteiger partial charge in [-0.05, 0) is 32.9 Å². The number of ether oxygens (including phenoxy) is 1. The van der Waals surface area contributed by atoms with Crippen LogP contribution in [0.25, 0.3) is 0 Å². The average Bonchev–Trinajstić information content (AvgIpc) is 2.14. The van der Waals surface area contributed by atoms with E-state index in [1.54, 1.807) is 20.8 Å². The minimum absolute atomic E-state index is 0.160. The number of carbonyl (C=O) groups excluding carboxylic acids is 1. The summed E-state index contributed by atoms with van der Waals surface area (Å²) < 4.78 is 31.8. The fraction of sp³-hybridized carbons (Fsp3) is 0.417. The minimum Gasteiger partial charge on any atom is -0.456 e. The minimum atomic E-state index is -0.839. The van der Waals surface area contributed by atoms with E-state index in [0.29, 0.717) is 0 Å². The summed E-state index contributed by atoms with van der Waals surface area (Å²) >= 11 is 0. The van der Waals surface area contributed by atoms with Crippen molar-refractivity contribution >= 4 is 5.97 Å². The van der Waals surface area contributed by atoms with Crippen molar-refractivity contribution in [3.05, 3.63) is 34.9 Å². The molecule has 0 amide bonds. The van der Waals surface area contributed by atoms with Crippen molar-refractivity contribution in [3.8, 4) is 0 Å². The lowest BCUT2D eigenvalue weighted by molar-refractivity contribution is 0.00684. The molecule has 0 spiro atoms. The summed E-state index contributed by atoms with van der Waals surface area (Å²) in [5, 5.41) is 0. The molecule has 3 nitrogen and oxygen atoms in total. The highest BCUT2D eigenvalue weighted by atomic mass is 19.1. The zero-order chi connectivity index (χ0) is 13.2. The van der Waals surface area contributed by atoms with Gasteiger partial charge in [-0.15, -0.1) is 0 Å². The second kappa shape index (κ2) is 4.79. The van der Waals surface area contributed by atoms with E-state index >= 15 is 0 Å². The van der Waals surface area contributed by atoms with Crippen molar-refractivity contribution < 1.29 is 18.3 Å². The Labute approximate surface area is 98.6 Å². The summed E-state index contributed by atoms with van der Waals surface area (Å²) in [6, 6.07) is 1.86. The van der Waals surface area contributed by atoms with Crippen molar-refractivity contribution in [1.82, 2.24) is 0 Å². The Balaban J connectivity index is 3.05. The van der Waals surface area contributed by atoms with Gasteiger partial charge in [0.1, 0.15) is 17.2 Å². The Morgan fingerprint density at radius 2 is 1.76 bits per heavy atom. The first-order chi connectivity index (χ1) is 7.74. The van der Waals surface area contributed by atoms with Crippen LogP contribution in [-0.4, -0.2) is 11.6 Å². The Kier molecular flexibility index (Phi) is 3.83. The fourth-order valence-corrected chi connectivity index (χ4v) is 1.25. The van der Waals surface area contributed by atoms with E-state index in [1.165, 1.54) is 0 Å². The maximum atomic E-state index is 13.4. The number of nitrogens with two attached hydrogens (primary N) is 1. The standard InChI is InChI=1S/C12H15F2NO2/c1-12(2,3)17-11(16)7-4-9(13)8(6-15)10(14)5-7/h4-5H,6,15H2,1-3H3. The van der Waals surface area contributed by atoms with Crippen molar-refractivity contribution in [3.63, 3.8) is 0 Å². The van der Waals surface area contributed by atoms with E-state index in [2.05, 4.69) is 0 Å². The van der Waals surface area contributed by atoms with Gasteiger partial charge in [-0.1, -0.05) is 0 Å². The van der Waals surface area contributed by atoms with E-state index in [0.717, 1.165) is 12.1 Å². The molecule has 2 N–H and O–H groups in total. The number of hydrogen-bond donors (Lipinski definition) is 1. The first-order valence-corrected chi connectivity index (χ1v) is 5.16. The predicted octanol–water partition coefficient (Wildman–Crippen LogP) is 2.38. The van der Waals surface area contributed by atoms with E-state index in [4.69, 9.17) is 10.5 Å². The van der Waals surface area contributed by atoms with Crippen LogP contribution in [0.3, 0.4) is 0 Å². The SMILES string of the molecule is CC(C)(C)OC(=O)c1cc(F)c(CN)c(F)c1. The molecule has 0 aliphatic carbocycles. The zero-order valence-corrected chi connectivity index (χ0v) is 10.0. The molecule has 1 aromatic carbocycles. The van der Waals surface area contributed by atoms with Crippen LogP contribution in [0.4, 0.5) is 8.78 Å². The van der Waals surface area contributed by atoms with E-state index in [1.807, 2.05) is 0 Å². The van der Waals surface area contributed by atoms with Crippen molar-refractivity contribution in [2.75, 3.05) is 0 Å². The monoisotopic (exact) mass is 243 g/mol. The third kappa shape index (κ3) is 3.49. The molecule has 0 aromatic heterocycles. The Hall–Kier alpha value is -1.49. The Bertz CT molecular complexity index is 416. The summed E-state index contributed by atoms with van der Waals surface area (Å²) in [7, 11) is 0. The molecule has 0 radical (unpaired) electrons. The first kappa shape index (κ1) is 13.6. The van der Waals surface area contributed by atoms with Gasteiger partial charge in [0.15, 0.2) is 0 Å². The summed E-state index contributed by atoms with van der Waals surface area (Å²) in [6.45, 7) is 4.76. The lowest BCUT2D eigenvalue weighted by atomic mass is 10.1. The molecular weight excluding hydrogens is 228 g/mol. The molecule has 0 saturated heterocycles. The smallest absolute Gasteiger partial charge is 0.338 e. The molecule has 0 atom stereocenters. The molecule has 5 heteroatoms. The predicted molar refractivity (Wildman–Crippen MR) is 59.4 cm³/mol. The molecular formula is C12H15F2NO2. The quantitative estimate of drug-likeness (QED) is 0.811. The summed E-state index contributed by atoms with van der Waals surface area (Å²) in [5.74, 6) is -2.44. The molecule has 94 valence electrons. The third-order valence-electron chi connectivity index (χ3n) is 1.98. The van der Waals surface area contributed by atoms with Gasteiger partial charge in [0, 0.05) is 12.1 Å². The highest BCUT2D eigenvalue weighted by Crippen LogP contribution is 2.18. The highest BCUT2D eigenvalue weighted by Gasteiger charge is 2.20. The second-order valence-electron chi connectivity index (χ2n) is 4.62. The molecule has 0 bridgehead atoms. The van der Waals surface area contributed by atoms with E-state index in [-0.39, 0.29) is 17.7 Å². The summed E-state index contributed by atoms with van der Waals surface area (Å²) in [5.41, 5.74) is 4.07. The van der Waals surface area contributed by atoms with Crippen LogP contribution >= 0.6 is 0 Å². The van der Waals surface area contributed by atoms with Crippen LogP contribution in [0, 0.1) is 11.6 Å². The Morgan fingerprint density at radius 1 is 1.29 bits per heavy atom. The molecule has 0 saturated carbocycles. The number of hydrogen-bond acceptors (Lipinski definition) is 3. The lowest BCUT2D eigenvalue weighted by Crippen LogP contribution is -2.24. The maximum absolute atomic E-state index is 13.4. The van der Waals surface area contributed by atoms with Crippen LogP contribution < -0.4 is 5.73 Å². The third-order valence-corrected chi connectivity index (χ3v) is 1.98. The van der Waals surface area contributed by atoms with Gasteiger partial charge in [0.25, 0.3) is 0 Å². The normalized spacial score (nSPS) is 11.4. The van der Waals surface area contributed by atoms with Gasteiger partial charge in [0.2, 0.25) is 0 Å². The van der Waals surface area contributed by atoms with Crippen LogP contribution in [0.5, 0.6) is 0 Å². The summed E-state index contributed by atoms with van der Waals surface area (Å²) in [6.07, 6.45) is 0. The van der Waals surface area contributed by atoms with Gasteiger partial charge in [-0.25, -0.2) is 13.6 Å². The molecule has 1 aromatic rings. The second-order valence-corrected chi connectivity index (χ2v) is 4.62. The summed E-state index contributed by atoms with van der Waals surface area (Å²) in [4.78, 5) is 11.6. The molecule has 1 rings (SSSR count). The van der Waals surface area contributed by atoms with Gasteiger partial charge in [-0.3, -0.25) is 0 Å². The lowest BCUT2D eigenvalue weighted by Gasteiger charge is -2.19. The van der Waals surface area contributed by atoms with Gasteiger partial charge < -0.3 is 10.5 Å². The number of carbonyl (C=O) groups is 1. The van der Waals surface area contributed by atoms with Crippen LogP contribution in [0.1, 0.15) is 36.7 Å². The van der Waals surface area contributed by atoms with Crippen molar-refractivity contribution in [2.24, 2.45) is 5.73 Å². The average molecular weight is 243 g/mol. The molecule has 0 unspecified atom stereocenters. The first-order valence-electron chi connectivity index (χ1n) is 5.16. The molecule has 17 heavy (non-hydrogen) atoms. The topological polar surface area (TPSA) is 52.3 Å². The molecule has 0 fully saturated rings. The van der Waals surface area contributed by atoms with Crippen LogP contribution in [0.15, 0.2) is 12.1 Å². The van der Waals surface area contributed by atoms with Crippen LogP contribution in [-0.2, 0) is 11.3 Å². The van der Waals surface area contributed by atoms with Gasteiger partial charge in [0.05, 0.1) is 5.56 Å². The molecule has 0 aliphatic rings. The van der Waals surface area contributed by atoms with Crippen molar-refractivity contribution in [1.29, 1.82) is 0 Å². The van der Waals surface area contributed by atoms with E-state index < -0.39 is 23.2 Å². The number of esters is 1. The number of halogens is 2. The van der Waals surface area contributed by atoms with E-state index in [9.17, 15) is 13.6 Å². The van der Waals surface area contributed by atoms with Crippen LogP contribution in [0.2, 0.25) is 0 Å². The molecule has 0 heterocycles. The van der Waals surface area contributed by atoms with Gasteiger partial charge >= 0.3 is 5.97 Å². The zero-order valence-electron chi connectivity index (χ0n) is 10.0. The number of benzene rings is 1. The van der Waals surface area contributed by atoms with Gasteiger partial charge in [-0.2, -0.15) is 0 Å². The molecule has 0 aliphatic heterocycles. The maximum Gasteiger partial charge on any atom is 0.338 e. The largest absolute Gasteiger partial charge is 0.456 e. The number of rotatable bonds is 2. The highest BCUT2D eigenvalue weighted by molar-refractivity contribution is 5.89. The van der Waals surface area contributed by atoms with Crippen molar-refractivity contribution in [2.45, 2.75) is 32.9 Å². The Morgan fingerprint density at radius 3 is 2.12 bits per heavy atom.